The highest BCUT2D eigenvalue weighted by Crippen LogP contribution is 2.32. The third-order valence-corrected chi connectivity index (χ3v) is 4.82. The Kier molecular flexibility index (Phi) is 5.96. The Bertz CT molecular complexity index is 878. The van der Waals surface area contributed by atoms with Gasteiger partial charge in [-0.15, -0.1) is 11.3 Å². The number of para-hydroxylation sites is 1. The second-order valence-corrected chi connectivity index (χ2v) is 6.61. The number of carbonyl (C=O) groups excluding carboxylic acids is 1. The summed E-state index contributed by atoms with van der Waals surface area (Å²) in [5, 5.41) is 5.69. The van der Waals surface area contributed by atoms with Crippen LogP contribution in [0.3, 0.4) is 0 Å². The predicted octanol–water partition coefficient (Wildman–Crippen LogP) is 4.21. The molecule has 1 heterocycles. The zero-order valence-electron chi connectivity index (χ0n) is 14.4. The first-order valence-corrected chi connectivity index (χ1v) is 9.12. The number of halogens is 1. The Morgan fingerprint density at radius 1 is 1.19 bits per heavy atom. The number of ether oxygens (including phenoxy) is 1. The Balaban J connectivity index is 1.53. The monoisotopic (exact) mass is 370 g/mol. The van der Waals surface area contributed by atoms with Crippen LogP contribution in [0, 0.1) is 5.82 Å². The van der Waals surface area contributed by atoms with E-state index in [-0.39, 0.29) is 11.7 Å². The van der Waals surface area contributed by atoms with Gasteiger partial charge >= 0.3 is 0 Å². The van der Waals surface area contributed by atoms with Crippen molar-refractivity contribution in [1.82, 2.24) is 10.3 Å². The Hall–Kier alpha value is -2.73. The highest BCUT2D eigenvalue weighted by molar-refractivity contribution is 7.13. The quantitative estimate of drug-likeness (QED) is 0.678. The summed E-state index contributed by atoms with van der Waals surface area (Å²) in [6.07, 6.45) is 0.928. The molecule has 0 saturated carbocycles. The number of aryl methyl sites for hydroxylation is 1. The molecular weight excluding hydrogens is 351 g/mol. The molecule has 4 nitrogen and oxygen atoms in total. The minimum Gasteiger partial charge on any atom is -0.496 e. The van der Waals surface area contributed by atoms with E-state index in [1.165, 1.54) is 23.5 Å². The van der Waals surface area contributed by atoms with Gasteiger partial charge in [0.05, 0.1) is 18.4 Å². The van der Waals surface area contributed by atoms with Gasteiger partial charge < -0.3 is 10.1 Å². The fourth-order valence-corrected chi connectivity index (χ4v) is 3.38. The van der Waals surface area contributed by atoms with E-state index in [1.807, 2.05) is 29.6 Å². The number of nitrogens with zero attached hydrogens (tertiary/aromatic N) is 1. The highest BCUT2D eigenvalue weighted by Gasteiger charge is 2.11. The predicted molar refractivity (Wildman–Crippen MR) is 101 cm³/mol. The first-order valence-electron chi connectivity index (χ1n) is 8.24. The lowest BCUT2D eigenvalue weighted by Gasteiger charge is -2.05. The summed E-state index contributed by atoms with van der Waals surface area (Å²) in [7, 11) is 1.64. The number of thiazole rings is 1. The van der Waals surface area contributed by atoms with Crippen LogP contribution in [0.5, 0.6) is 5.75 Å². The average molecular weight is 370 g/mol. The summed E-state index contributed by atoms with van der Waals surface area (Å²) in [5.41, 5.74) is 2.70. The van der Waals surface area contributed by atoms with Gasteiger partial charge in [-0.25, -0.2) is 9.37 Å². The van der Waals surface area contributed by atoms with E-state index in [9.17, 15) is 9.18 Å². The number of aromatic nitrogens is 1. The molecule has 0 atom stereocenters. The van der Waals surface area contributed by atoms with Crippen LogP contribution in [0.1, 0.15) is 17.7 Å². The van der Waals surface area contributed by atoms with Crippen molar-refractivity contribution >= 4 is 17.2 Å². The van der Waals surface area contributed by atoms with E-state index in [2.05, 4.69) is 10.3 Å². The zero-order chi connectivity index (χ0) is 18.4. The molecule has 0 aliphatic heterocycles. The fraction of sp³-hybridized carbons (Fsp3) is 0.200. The van der Waals surface area contributed by atoms with E-state index < -0.39 is 0 Å². The molecular formula is C20H19FN2O2S. The van der Waals surface area contributed by atoms with Crippen LogP contribution in [-0.2, 0) is 17.8 Å². The minimum absolute atomic E-state index is 0.0545. The van der Waals surface area contributed by atoms with Crippen molar-refractivity contribution in [1.29, 1.82) is 0 Å². The Morgan fingerprint density at radius 2 is 1.96 bits per heavy atom. The second kappa shape index (κ2) is 8.58. The first-order chi connectivity index (χ1) is 12.7. The van der Waals surface area contributed by atoms with Crippen LogP contribution in [-0.4, -0.2) is 18.0 Å². The van der Waals surface area contributed by atoms with Gasteiger partial charge in [0.1, 0.15) is 16.6 Å². The maximum Gasteiger partial charge on any atom is 0.220 e. The summed E-state index contributed by atoms with van der Waals surface area (Å²) >= 11 is 1.54. The van der Waals surface area contributed by atoms with Crippen LogP contribution >= 0.6 is 11.3 Å². The standard InChI is InChI=1S/C20H19FN2O2S/c1-25-18-5-3-2-4-17(18)20-23-16(13-26-20)10-11-19(24)22-12-14-6-8-15(21)9-7-14/h2-9,13H,10-12H2,1H3,(H,22,24). The molecule has 1 N–H and O–H groups in total. The summed E-state index contributed by atoms with van der Waals surface area (Å²) in [4.78, 5) is 16.6. The molecule has 0 fully saturated rings. The molecule has 0 unspecified atom stereocenters. The molecule has 134 valence electrons. The lowest BCUT2D eigenvalue weighted by Crippen LogP contribution is -2.23. The first kappa shape index (κ1) is 18.1. The maximum atomic E-state index is 12.9. The molecule has 6 heteroatoms. The fourth-order valence-electron chi connectivity index (χ4n) is 2.50. The van der Waals surface area contributed by atoms with Gasteiger partial charge in [0.2, 0.25) is 5.91 Å². The summed E-state index contributed by atoms with van der Waals surface area (Å²) in [6.45, 7) is 0.392. The van der Waals surface area contributed by atoms with Gasteiger partial charge in [0.15, 0.2) is 0 Å². The van der Waals surface area contributed by atoms with Gasteiger partial charge in [-0.1, -0.05) is 24.3 Å². The van der Waals surface area contributed by atoms with Gasteiger partial charge in [-0.2, -0.15) is 0 Å². The van der Waals surface area contributed by atoms with E-state index in [0.717, 1.165) is 27.6 Å². The van der Waals surface area contributed by atoms with Crippen molar-refractivity contribution in [2.24, 2.45) is 0 Å². The number of hydrogen-bond acceptors (Lipinski definition) is 4. The number of rotatable bonds is 7. The van der Waals surface area contributed by atoms with Gasteiger partial charge in [0.25, 0.3) is 0 Å². The highest BCUT2D eigenvalue weighted by atomic mass is 32.1. The summed E-state index contributed by atoms with van der Waals surface area (Å²) in [5.74, 6) is 0.445. The average Bonchev–Trinajstić information content (AvgIpc) is 3.14. The minimum atomic E-state index is -0.283. The second-order valence-electron chi connectivity index (χ2n) is 5.75. The van der Waals surface area contributed by atoms with E-state index in [1.54, 1.807) is 19.2 Å². The van der Waals surface area contributed by atoms with Gasteiger partial charge in [-0.05, 0) is 36.2 Å². The molecule has 0 bridgehead atoms. The number of nitrogens with one attached hydrogen (secondary N) is 1. The van der Waals surface area contributed by atoms with E-state index in [4.69, 9.17) is 4.74 Å². The summed E-state index contributed by atoms with van der Waals surface area (Å²) in [6, 6.07) is 13.8. The zero-order valence-corrected chi connectivity index (χ0v) is 15.2. The third-order valence-electron chi connectivity index (χ3n) is 3.90. The summed E-state index contributed by atoms with van der Waals surface area (Å²) < 4.78 is 18.2. The van der Waals surface area contributed by atoms with Gasteiger partial charge in [0, 0.05) is 18.3 Å². The molecule has 0 aliphatic rings. The van der Waals surface area contributed by atoms with Crippen molar-refractivity contribution in [3.05, 3.63) is 71.0 Å². The number of benzene rings is 2. The van der Waals surface area contributed by atoms with Crippen molar-refractivity contribution in [3.63, 3.8) is 0 Å². The molecule has 0 aliphatic carbocycles. The van der Waals surface area contributed by atoms with E-state index >= 15 is 0 Å². The molecule has 1 aromatic heterocycles. The number of hydrogen-bond donors (Lipinski definition) is 1. The number of carbonyl (C=O) groups is 1. The molecule has 3 aromatic rings. The molecule has 3 rings (SSSR count). The molecule has 0 radical (unpaired) electrons. The molecule has 0 spiro atoms. The maximum absolute atomic E-state index is 12.9. The van der Waals surface area contributed by atoms with Crippen molar-refractivity contribution in [2.45, 2.75) is 19.4 Å². The Morgan fingerprint density at radius 3 is 2.73 bits per heavy atom. The molecule has 1 amide bonds. The van der Waals surface area contributed by atoms with Crippen LogP contribution < -0.4 is 10.1 Å². The molecule has 26 heavy (non-hydrogen) atoms. The smallest absolute Gasteiger partial charge is 0.220 e. The number of methoxy groups -OCH3 is 1. The SMILES string of the molecule is COc1ccccc1-c1nc(CCC(=O)NCc2ccc(F)cc2)cs1. The largest absolute Gasteiger partial charge is 0.496 e. The topological polar surface area (TPSA) is 51.2 Å². The van der Waals surface area contributed by atoms with Crippen molar-refractivity contribution in [2.75, 3.05) is 7.11 Å². The normalized spacial score (nSPS) is 10.5. The third kappa shape index (κ3) is 4.67. The lowest BCUT2D eigenvalue weighted by molar-refractivity contribution is -0.121. The van der Waals surface area contributed by atoms with Crippen LogP contribution in [0.2, 0.25) is 0 Å². The van der Waals surface area contributed by atoms with Gasteiger partial charge in [-0.3, -0.25) is 4.79 Å². The Labute approximate surface area is 155 Å². The lowest BCUT2D eigenvalue weighted by atomic mass is 10.2. The molecule has 0 saturated heterocycles. The molecule has 2 aromatic carbocycles. The van der Waals surface area contributed by atoms with E-state index in [0.29, 0.717) is 19.4 Å². The number of amides is 1. The van der Waals surface area contributed by atoms with Crippen molar-refractivity contribution in [3.8, 4) is 16.3 Å². The van der Waals surface area contributed by atoms with Crippen LogP contribution in [0.25, 0.3) is 10.6 Å². The van der Waals surface area contributed by atoms with Crippen molar-refractivity contribution < 1.29 is 13.9 Å². The van der Waals surface area contributed by atoms with Crippen LogP contribution in [0.15, 0.2) is 53.9 Å². The van der Waals surface area contributed by atoms with Crippen LogP contribution in [0.4, 0.5) is 4.39 Å².